The molecular formula is C21H22FN5O3. The van der Waals surface area contributed by atoms with Crippen molar-refractivity contribution in [3.8, 4) is 11.5 Å². The summed E-state index contributed by atoms with van der Waals surface area (Å²) < 4.78 is 20.7. The van der Waals surface area contributed by atoms with Crippen LogP contribution in [0.1, 0.15) is 0 Å². The SMILES string of the molecule is CN(C)CCn1cc(NC(=O)C(=O)Nc2ccccc2Oc2cccc(F)c2)cn1. The van der Waals surface area contributed by atoms with Crippen molar-refractivity contribution in [1.29, 1.82) is 0 Å². The molecular weight excluding hydrogens is 389 g/mol. The molecule has 0 aliphatic carbocycles. The minimum absolute atomic E-state index is 0.270. The van der Waals surface area contributed by atoms with Gasteiger partial charge < -0.3 is 20.3 Å². The highest BCUT2D eigenvalue weighted by molar-refractivity contribution is 6.43. The van der Waals surface area contributed by atoms with Gasteiger partial charge in [-0.1, -0.05) is 18.2 Å². The average Bonchev–Trinajstić information content (AvgIpc) is 3.15. The molecule has 0 radical (unpaired) electrons. The van der Waals surface area contributed by atoms with Gasteiger partial charge >= 0.3 is 11.8 Å². The Kier molecular flexibility index (Phi) is 6.76. The third-order valence-electron chi connectivity index (χ3n) is 4.03. The number of likely N-dealkylation sites (N-methyl/N-ethyl adjacent to an activating group) is 1. The fraction of sp³-hybridized carbons (Fsp3) is 0.190. The Bertz CT molecular complexity index is 1030. The summed E-state index contributed by atoms with van der Waals surface area (Å²) in [6.07, 6.45) is 3.12. The second-order valence-corrected chi connectivity index (χ2v) is 6.76. The number of nitrogens with zero attached hydrogens (tertiary/aromatic N) is 3. The van der Waals surface area contributed by atoms with E-state index in [1.54, 1.807) is 41.2 Å². The van der Waals surface area contributed by atoms with Crippen LogP contribution in [0, 0.1) is 5.82 Å². The first-order valence-corrected chi connectivity index (χ1v) is 9.22. The molecule has 0 fully saturated rings. The van der Waals surface area contributed by atoms with Crippen molar-refractivity contribution in [2.24, 2.45) is 0 Å². The molecule has 0 spiro atoms. The number of amides is 2. The van der Waals surface area contributed by atoms with Gasteiger partial charge in [0, 0.05) is 18.8 Å². The molecule has 2 N–H and O–H groups in total. The van der Waals surface area contributed by atoms with Gasteiger partial charge in [-0.05, 0) is 38.4 Å². The second kappa shape index (κ2) is 9.66. The lowest BCUT2D eigenvalue weighted by atomic mass is 10.2. The summed E-state index contributed by atoms with van der Waals surface area (Å²) in [5.41, 5.74) is 0.696. The number of ether oxygens (including phenoxy) is 1. The molecule has 0 saturated carbocycles. The van der Waals surface area contributed by atoms with E-state index in [9.17, 15) is 14.0 Å². The molecule has 2 aromatic carbocycles. The Morgan fingerprint density at radius 2 is 1.87 bits per heavy atom. The van der Waals surface area contributed by atoms with Gasteiger partial charge in [0.15, 0.2) is 5.75 Å². The Balaban J connectivity index is 1.62. The molecule has 0 aliphatic rings. The lowest BCUT2D eigenvalue weighted by Gasteiger charge is -2.12. The van der Waals surface area contributed by atoms with Crippen LogP contribution in [0.2, 0.25) is 0 Å². The van der Waals surface area contributed by atoms with E-state index in [1.807, 2.05) is 19.0 Å². The molecule has 156 valence electrons. The number of benzene rings is 2. The molecule has 2 amide bonds. The molecule has 8 nitrogen and oxygen atoms in total. The van der Waals surface area contributed by atoms with E-state index in [-0.39, 0.29) is 17.2 Å². The highest BCUT2D eigenvalue weighted by atomic mass is 19.1. The van der Waals surface area contributed by atoms with Gasteiger partial charge in [-0.3, -0.25) is 14.3 Å². The molecule has 30 heavy (non-hydrogen) atoms. The van der Waals surface area contributed by atoms with Crippen LogP contribution >= 0.6 is 0 Å². The minimum atomic E-state index is -0.869. The maximum atomic E-state index is 13.4. The standard InChI is InChI=1S/C21H22FN5O3/c1-26(2)10-11-27-14-16(13-23-27)24-20(28)21(29)25-18-8-3-4-9-19(18)30-17-7-5-6-15(22)12-17/h3-9,12-14H,10-11H2,1-2H3,(H,24,28)(H,25,29). The number of aromatic nitrogens is 2. The first kappa shape index (κ1) is 21.0. The predicted octanol–water partition coefficient (Wildman–Crippen LogP) is 2.95. The van der Waals surface area contributed by atoms with Crippen LogP contribution in [0.3, 0.4) is 0 Å². The third kappa shape index (κ3) is 5.89. The monoisotopic (exact) mass is 411 g/mol. The number of hydrogen-bond acceptors (Lipinski definition) is 5. The Labute approximate surface area is 173 Å². The zero-order chi connectivity index (χ0) is 21.5. The van der Waals surface area contributed by atoms with Crippen LogP contribution in [0.15, 0.2) is 60.9 Å². The summed E-state index contributed by atoms with van der Waals surface area (Å²) in [6.45, 7) is 1.44. The van der Waals surface area contributed by atoms with E-state index < -0.39 is 17.6 Å². The summed E-state index contributed by atoms with van der Waals surface area (Å²) in [7, 11) is 3.90. The maximum Gasteiger partial charge on any atom is 0.314 e. The maximum absolute atomic E-state index is 13.4. The number of carbonyl (C=O) groups is 2. The molecule has 3 aromatic rings. The first-order chi connectivity index (χ1) is 14.4. The van der Waals surface area contributed by atoms with Gasteiger partial charge in [-0.2, -0.15) is 5.10 Å². The largest absolute Gasteiger partial charge is 0.455 e. The number of rotatable bonds is 7. The summed E-state index contributed by atoms with van der Waals surface area (Å²) >= 11 is 0. The van der Waals surface area contributed by atoms with Crippen LogP contribution in [0.25, 0.3) is 0 Å². The number of para-hydroxylation sites is 2. The second-order valence-electron chi connectivity index (χ2n) is 6.76. The van der Waals surface area contributed by atoms with E-state index in [4.69, 9.17) is 4.74 Å². The highest BCUT2D eigenvalue weighted by Crippen LogP contribution is 2.29. The minimum Gasteiger partial charge on any atom is -0.455 e. The summed E-state index contributed by atoms with van der Waals surface area (Å²) in [4.78, 5) is 26.6. The van der Waals surface area contributed by atoms with Crippen molar-refractivity contribution in [2.75, 3.05) is 31.3 Å². The fourth-order valence-electron chi connectivity index (χ4n) is 2.54. The van der Waals surface area contributed by atoms with Gasteiger partial charge in [0.25, 0.3) is 0 Å². The van der Waals surface area contributed by atoms with Crippen molar-refractivity contribution >= 4 is 23.2 Å². The number of nitrogens with one attached hydrogen (secondary N) is 2. The van der Waals surface area contributed by atoms with E-state index in [0.717, 1.165) is 6.54 Å². The third-order valence-corrected chi connectivity index (χ3v) is 4.03. The Hall–Kier alpha value is -3.72. The van der Waals surface area contributed by atoms with Gasteiger partial charge in [-0.25, -0.2) is 4.39 Å². The molecule has 0 atom stereocenters. The summed E-state index contributed by atoms with van der Waals surface area (Å²) in [6, 6.07) is 12.2. The lowest BCUT2D eigenvalue weighted by molar-refractivity contribution is -0.133. The predicted molar refractivity (Wildman–Crippen MR) is 111 cm³/mol. The number of halogens is 1. The topological polar surface area (TPSA) is 88.5 Å². The van der Waals surface area contributed by atoms with Crippen molar-refractivity contribution in [1.82, 2.24) is 14.7 Å². The van der Waals surface area contributed by atoms with E-state index >= 15 is 0 Å². The Morgan fingerprint density at radius 3 is 2.63 bits per heavy atom. The molecule has 1 aromatic heterocycles. The lowest BCUT2D eigenvalue weighted by Crippen LogP contribution is -2.29. The van der Waals surface area contributed by atoms with Gasteiger partial charge in [0.05, 0.1) is 24.1 Å². The van der Waals surface area contributed by atoms with Gasteiger partial charge in [0.1, 0.15) is 11.6 Å². The molecule has 0 saturated heterocycles. The first-order valence-electron chi connectivity index (χ1n) is 9.22. The highest BCUT2D eigenvalue weighted by Gasteiger charge is 2.17. The van der Waals surface area contributed by atoms with Crippen LogP contribution < -0.4 is 15.4 Å². The van der Waals surface area contributed by atoms with E-state index in [2.05, 4.69) is 15.7 Å². The van der Waals surface area contributed by atoms with E-state index in [1.165, 1.54) is 24.4 Å². The van der Waals surface area contributed by atoms with Crippen LogP contribution in [-0.2, 0) is 16.1 Å². The number of hydrogen-bond donors (Lipinski definition) is 2. The zero-order valence-corrected chi connectivity index (χ0v) is 16.6. The van der Waals surface area contributed by atoms with Crippen molar-refractivity contribution in [3.63, 3.8) is 0 Å². The number of anilines is 2. The zero-order valence-electron chi connectivity index (χ0n) is 16.6. The molecule has 0 unspecified atom stereocenters. The summed E-state index contributed by atoms with van der Waals surface area (Å²) in [5, 5.41) is 9.16. The van der Waals surface area contributed by atoms with Crippen LogP contribution in [0.5, 0.6) is 11.5 Å². The number of carbonyl (C=O) groups excluding carboxylic acids is 2. The van der Waals surface area contributed by atoms with Gasteiger partial charge in [-0.15, -0.1) is 0 Å². The van der Waals surface area contributed by atoms with E-state index in [0.29, 0.717) is 12.2 Å². The van der Waals surface area contributed by atoms with Crippen molar-refractivity contribution in [3.05, 3.63) is 66.7 Å². The average molecular weight is 411 g/mol. The van der Waals surface area contributed by atoms with Crippen LogP contribution in [0.4, 0.5) is 15.8 Å². The molecule has 0 bridgehead atoms. The van der Waals surface area contributed by atoms with Gasteiger partial charge in [0.2, 0.25) is 0 Å². The quantitative estimate of drug-likeness (QED) is 0.584. The van der Waals surface area contributed by atoms with Crippen molar-refractivity contribution < 1.29 is 18.7 Å². The normalized spacial score (nSPS) is 10.7. The smallest absolute Gasteiger partial charge is 0.314 e. The fourth-order valence-corrected chi connectivity index (χ4v) is 2.54. The Morgan fingerprint density at radius 1 is 1.10 bits per heavy atom. The summed E-state index contributed by atoms with van der Waals surface area (Å²) in [5.74, 6) is -1.61. The molecule has 1 heterocycles. The molecule has 3 rings (SSSR count). The molecule has 0 aliphatic heterocycles. The van der Waals surface area contributed by atoms with Crippen molar-refractivity contribution in [2.45, 2.75) is 6.54 Å². The van der Waals surface area contributed by atoms with Crippen LogP contribution in [-0.4, -0.2) is 47.1 Å². The molecule has 9 heteroatoms.